The van der Waals surface area contributed by atoms with Crippen LogP contribution in [-0.2, 0) is 4.79 Å². The van der Waals surface area contributed by atoms with E-state index in [-0.39, 0.29) is 17.2 Å². The molecule has 0 saturated carbocycles. The second-order valence-corrected chi connectivity index (χ2v) is 9.11. The molecular weight excluding hydrogens is 446 g/mol. The summed E-state index contributed by atoms with van der Waals surface area (Å²) in [6, 6.07) is 12.5. The highest BCUT2D eigenvalue weighted by molar-refractivity contribution is 7.98. The van der Waals surface area contributed by atoms with Gasteiger partial charge in [0.1, 0.15) is 0 Å². The predicted molar refractivity (Wildman–Crippen MR) is 129 cm³/mol. The monoisotopic (exact) mass is 467 g/mol. The van der Waals surface area contributed by atoms with E-state index in [4.69, 9.17) is 11.6 Å². The summed E-state index contributed by atoms with van der Waals surface area (Å²) in [6.07, 6.45) is 5.31. The lowest BCUT2D eigenvalue weighted by Crippen LogP contribution is -2.43. The third-order valence-electron chi connectivity index (χ3n) is 5.85. The molecule has 3 heterocycles. The van der Waals surface area contributed by atoms with E-state index >= 15 is 0 Å². The van der Waals surface area contributed by atoms with Crippen molar-refractivity contribution in [2.75, 3.05) is 30.9 Å². The Hall–Kier alpha value is -2.68. The number of rotatable bonds is 4. The van der Waals surface area contributed by atoms with Gasteiger partial charge in [0.05, 0.1) is 23.3 Å². The summed E-state index contributed by atoms with van der Waals surface area (Å²) in [5, 5.41) is 5.94. The van der Waals surface area contributed by atoms with Gasteiger partial charge in [0.25, 0.3) is 11.5 Å². The molecule has 1 fully saturated rings. The molecule has 7 nitrogen and oxygen atoms in total. The molecule has 2 aliphatic heterocycles. The lowest BCUT2D eigenvalue weighted by Gasteiger charge is -2.30. The van der Waals surface area contributed by atoms with Gasteiger partial charge in [-0.3, -0.25) is 19.4 Å². The van der Waals surface area contributed by atoms with Crippen molar-refractivity contribution in [3.63, 3.8) is 0 Å². The van der Waals surface area contributed by atoms with Crippen LogP contribution in [0.4, 0.5) is 5.69 Å². The molecule has 5 rings (SSSR count). The average molecular weight is 468 g/mol. The molecule has 9 heteroatoms. The molecule has 0 spiro atoms. The smallest absolute Gasteiger partial charge is 0.282 e. The molecule has 0 N–H and O–H groups in total. The summed E-state index contributed by atoms with van der Waals surface area (Å²) in [6.45, 7) is 2.42. The zero-order chi connectivity index (χ0) is 22.2. The highest BCUT2D eigenvalue weighted by Gasteiger charge is 2.36. The van der Waals surface area contributed by atoms with E-state index in [1.807, 2.05) is 18.4 Å². The fraction of sp³-hybridized carbons (Fsp3) is 0.304. The van der Waals surface area contributed by atoms with Crippen LogP contribution in [0.2, 0.25) is 5.02 Å². The van der Waals surface area contributed by atoms with Crippen molar-refractivity contribution in [3.05, 3.63) is 63.4 Å². The first kappa shape index (κ1) is 21.2. The molecule has 3 aromatic rings. The number of fused-ring (bicyclic) bond motifs is 2. The number of hydrogen-bond acceptors (Lipinski definition) is 6. The van der Waals surface area contributed by atoms with Gasteiger partial charge in [-0.15, -0.1) is 0 Å². The number of amides is 1. The van der Waals surface area contributed by atoms with Crippen molar-refractivity contribution >= 4 is 51.6 Å². The third-order valence-corrected chi connectivity index (χ3v) is 6.71. The van der Waals surface area contributed by atoms with Crippen molar-refractivity contribution in [3.8, 4) is 0 Å². The average Bonchev–Trinajstić information content (AvgIpc) is 3.06. The fourth-order valence-corrected chi connectivity index (χ4v) is 4.91. The highest BCUT2D eigenvalue weighted by atomic mass is 35.5. The molecule has 0 bridgehead atoms. The zero-order valence-corrected chi connectivity index (χ0v) is 19.2. The Bertz CT molecular complexity index is 1300. The summed E-state index contributed by atoms with van der Waals surface area (Å²) < 4.78 is 1.23. The Balaban J connectivity index is 1.63. The van der Waals surface area contributed by atoms with Crippen LogP contribution in [0, 0.1) is 0 Å². The summed E-state index contributed by atoms with van der Waals surface area (Å²) in [5.41, 5.74) is 1.89. The topological polar surface area (TPSA) is 70.8 Å². The van der Waals surface area contributed by atoms with Crippen LogP contribution >= 0.6 is 23.4 Å². The van der Waals surface area contributed by atoms with Gasteiger partial charge in [-0.2, -0.15) is 9.78 Å². The molecule has 0 aliphatic carbocycles. The minimum absolute atomic E-state index is 0.203. The molecule has 1 amide bonds. The van der Waals surface area contributed by atoms with Gasteiger partial charge in [0.15, 0.2) is 10.9 Å². The van der Waals surface area contributed by atoms with Crippen molar-refractivity contribution in [2.45, 2.75) is 24.4 Å². The van der Waals surface area contributed by atoms with Crippen molar-refractivity contribution in [1.82, 2.24) is 14.6 Å². The Morgan fingerprint density at radius 1 is 1.09 bits per heavy atom. The van der Waals surface area contributed by atoms with Crippen LogP contribution in [0.3, 0.4) is 0 Å². The van der Waals surface area contributed by atoms with Gasteiger partial charge in [-0.1, -0.05) is 41.9 Å². The number of nitrogens with zero attached hydrogens (tertiary/aromatic N) is 5. The number of piperidine rings is 1. The van der Waals surface area contributed by atoms with Crippen LogP contribution in [0.5, 0.6) is 0 Å². The lowest BCUT2D eigenvalue weighted by atomic mass is 10.1. The molecule has 2 aromatic carbocycles. The van der Waals surface area contributed by atoms with Gasteiger partial charge in [-0.25, -0.2) is 4.98 Å². The lowest BCUT2D eigenvalue weighted by molar-refractivity contribution is -0.112. The van der Waals surface area contributed by atoms with Crippen molar-refractivity contribution in [2.24, 2.45) is 5.10 Å². The van der Waals surface area contributed by atoms with E-state index in [0.29, 0.717) is 33.3 Å². The summed E-state index contributed by atoms with van der Waals surface area (Å²) in [4.78, 5) is 35.3. The Morgan fingerprint density at radius 3 is 2.66 bits per heavy atom. The minimum atomic E-state index is -0.307. The van der Waals surface area contributed by atoms with Gasteiger partial charge >= 0.3 is 0 Å². The van der Waals surface area contributed by atoms with Gasteiger partial charge < -0.3 is 0 Å². The number of halogens is 1. The van der Waals surface area contributed by atoms with Gasteiger partial charge in [0, 0.05) is 10.6 Å². The summed E-state index contributed by atoms with van der Waals surface area (Å²) in [5.74, 6) is -0.236. The maximum absolute atomic E-state index is 13.5. The van der Waals surface area contributed by atoms with E-state index in [1.54, 1.807) is 35.2 Å². The maximum atomic E-state index is 13.5. The van der Waals surface area contributed by atoms with Gasteiger partial charge in [-0.05, 0) is 62.5 Å². The third kappa shape index (κ3) is 3.72. The number of carbonyl (C=O) groups is 1. The number of likely N-dealkylation sites (tertiary alicyclic amines) is 1. The molecule has 32 heavy (non-hydrogen) atoms. The van der Waals surface area contributed by atoms with Crippen LogP contribution < -0.4 is 10.5 Å². The first-order valence-electron chi connectivity index (χ1n) is 10.6. The normalized spacial score (nSPS) is 18.0. The SMILES string of the molecule is CSc1nc2ccccc2c(=O)n1/N=C1/C(=O)N(CN2CCCCC2)c2ccc(Cl)cc21. The molecule has 1 saturated heterocycles. The Labute approximate surface area is 194 Å². The quantitative estimate of drug-likeness (QED) is 0.431. The number of benzene rings is 2. The standard InChI is InChI=1S/C23H22ClN5O2S/c1-32-23-25-18-8-4-3-7-16(18)21(30)29(23)26-20-17-13-15(24)9-10-19(17)28(22(20)31)14-27-11-5-2-6-12-27/h3-4,7-10,13H,2,5-6,11-12,14H2,1H3/b26-20+. The molecule has 2 aliphatic rings. The molecule has 0 unspecified atom stereocenters. The number of aromatic nitrogens is 2. The highest BCUT2D eigenvalue weighted by Crippen LogP contribution is 2.32. The number of carbonyl (C=O) groups excluding carboxylic acids is 1. The molecule has 164 valence electrons. The van der Waals surface area contributed by atoms with E-state index in [2.05, 4.69) is 15.0 Å². The number of para-hydroxylation sites is 1. The maximum Gasteiger partial charge on any atom is 0.282 e. The number of anilines is 1. The second kappa shape index (κ2) is 8.69. The van der Waals surface area contributed by atoms with Crippen LogP contribution in [-0.4, -0.2) is 52.2 Å². The van der Waals surface area contributed by atoms with Crippen LogP contribution in [0.25, 0.3) is 10.9 Å². The van der Waals surface area contributed by atoms with E-state index in [0.717, 1.165) is 31.6 Å². The Morgan fingerprint density at radius 2 is 1.88 bits per heavy atom. The molecule has 1 aromatic heterocycles. The molecule has 0 atom stereocenters. The second-order valence-electron chi connectivity index (χ2n) is 7.90. The van der Waals surface area contributed by atoms with Crippen molar-refractivity contribution < 1.29 is 4.79 Å². The summed E-state index contributed by atoms with van der Waals surface area (Å²) in [7, 11) is 0. The van der Waals surface area contributed by atoms with E-state index in [1.165, 1.54) is 22.9 Å². The number of hydrogen-bond donors (Lipinski definition) is 0. The first-order valence-corrected chi connectivity index (χ1v) is 12.2. The number of thioether (sulfide) groups is 1. The molecule has 0 radical (unpaired) electrons. The van der Waals surface area contributed by atoms with Crippen molar-refractivity contribution in [1.29, 1.82) is 0 Å². The van der Waals surface area contributed by atoms with E-state index in [9.17, 15) is 9.59 Å². The van der Waals surface area contributed by atoms with E-state index < -0.39 is 0 Å². The molecular formula is C23H22ClN5O2S. The zero-order valence-electron chi connectivity index (χ0n) is 17.6. The fourth-order valence-electron chi connectivity index (χ4n) is 4.25. The predicted octanol–water partition coefficient (Wildman–Crippen LogP) is 3.81. The van der Waals surface area contributed by atoms with Crippen LogP contribution in [0.1, 0.15) is 24.8 Å². The largest absolute Gasteiger partial charge is 0.293 e. The van der Waals surface area contributed by atoms with Gasteiger partial charge in [0.2, 0.25) is 0 Å². The van der Waals surface area contributed by atoms with Crippen LogP contribution in [0.15, 0.2) is 57.5 Å². The minimum Gasteiger partial charge on any atom is -0.293 e. The Kier molecular flexibility index (Phi) is 5.75. The summed E-state index contributed by atoms with van der Waals surface area (Å²) >= 11 is 7.57. The first-order chi connectivity index (χ1) is 15.6.